The van der Waals surface area contributed by atoms with Crippen molar-refractivity contribution < 1.29 is 9.90 Å². The Morgan fingerprint density at radius 1 is 1.10 bits per heavy atom. The van der Waals surface area contributed by atoms with Crippen LogP contribution in [0.5, 0.6) is 5.75 Å². The first-order chi connectivity index (χ1) is 9.41. The van der Waals surface area contributed by atoms with Gasteiger partial charge in [0.2, 0.25) is 5.91 Å². The number of amides is 1. The first-order valence-corrected chi connectivity index (χ1v) is 7.28. The number of hydrogen-bond donors (Lipinski definition) is 3. The summed E-state index contributed by atoms with van der Waals surface area (Å²) in [5, 5.41) is 10.4. The molecular weight excluding hydrogens is 264 g/mol. The molecule has 0 radical (unpaired) electrons. The number of nitrogens with two attached hydrogens (primary N) is 1. The Bertz CT molecular complexity index is 537. The maximum Gasteiger partial charge on any atom is 0.241 e. The van der Waals surface area contributed by atoms with E-state index in [0.717, 1.165) is 16.7 Å². The summed E-state index contributed by atoms with van der Waals surface area (Å²) in [7, 11) is 0. The Balaban J connectivity index is 3.72. The SMILES string of the molecule is CC(C(=O)NN)c1ccc(O)c(C(C)(C)C)c1C(C)(C)C. The number of benzene rings is 1. The van der Waals surface area contributed by atoms with E-state index in [1.54, 1.807) is 6.07 Å². The average Bonchev–Trinajstić information content (AvgIpc) is 2.34. The number of phenols is 1. The normalized spacial score (nSPS) is 13.9. The van der Waals surface area contributed by atoms with Crippen molar-refractivity contribution in [2.45, 2.75) is 65.2 Å². The number of hydrazine groups is 1. The van der Waals surface area contributed by atoms with Gasteiger partial charge in [-0.3, -0.25) is 10.2 Å². The van der Waals surface area contributed by atoms with Crippen molar-refractivity contribution in [1.82, 2.24) is 5.43 Å². The van der Waals surface area contributed by atoms with Crippen molar-refractivity contribution in [3.05, 3.63) is 28.8 Å². The smallest absolute Gasteiger partial charge is 0.241 e. The fourth-order valence-corrected chi connectivity index (χ4v) is 2.80. The summed E-state index contributed by atoms with van der Waals surface area (Å²) in [6, 6.07) is 3.50. The minimum absolute atomic E-state index is 0.195. The molecule has 4 heteroatoms. The largest absolute Gasteiger partial charge is 0.508 e. The van der Waals surface area contributed by atoms with Gasteiger partial charge >= 0.3 is 0 Å². The van der Waals surface area contributed by atoms with Gasteiger partial charge in [-0.2, -0.15) is 0 Å². The molecule has 118 valence electrons. The molecule has 0 heterocycles. The molecule has 1 aromatic rings. The van der Waals surface area contributed by atoms with E-state index >= 15 is 0 Å². The number of phenolic OH excluding ortho intramolecular Hbond substituents is 1. The van der Waals surface area contributed by atoms with E-state index in [9.17, 15) is 9.90 Å². The van der Waals surface area contributed by atoms with Gasteiger partial charge in [0.1, 0.15) is 5.75 Å². The standard InChI is InChI=1S/C17H28N2O2/c1-10(15(21)19-18)11-8-9-12(20)14(17(5,6)7)13(11)16(2,3)4/h8-10,20H,18H2,1-7H3,(H,19,21). The average molecular weight is 292 g/mol. The summed E-state index contributed by atoms with van der Waals surface area (Å²) in [5.41, 5.74) is 4.62. The number of rotatable bonds is 2. The lowest BCUT2D eigenvalue weighted by Gasteiger charge is -2.34. The summed E-state index contributed by atoms with van der Waals surface area (Å²) >= 11 is 0. The van der Waals surface area contributed by atoms with E-state index < -0.39 is 0 Å². The molecule has 1 unspecified atom stereocenters. The molecule has 0 aliphatic heterocycles. The Morgan fingerprint density at radius 2 is 1.57 bits per heavy atom. The van der Waals surface area contributed by atoms with Crippen molar-refractivity contribution >= 4 is 5.91 Å². The van der Waals surface area contributed by atoms with Crippen LogP contribution in [-0.4, -0.2) is 11.0 Å². The van der Waals surface area contributed by atoms with Crippen molar-refractivity contribution in [1.29, 1.82) is 0 Å². The monoisotopic (exact) mass is 292 g/mol. The van der Waals surface area contributed by atoms with Gasteiger partial charge in [-0.15, -0.1) is 0 Å². The van der Waals surface area contributed by atoms with E-state index in [1.807, 2.05) is 13.0 Å². The zero-order valence-corrected chi connectivity index (χ0v) is 14.2. The van der Waals surface area contributed by atoms with Crippen LogP contribution in [0.15, 0.2) is 12.1 Å². The summed E-state index contributed by atoms with van der Waals surface area (Å²) < 4.78 is 0. The Hall–Kier alpha value is -1.55. The molecule has 1 aromatic carbocycles. The Kier molecular flexibility index (Phi) is 4.73. The molecule has 1 atom stereocenters. The second-order valence-corrected chi connectivity index (χ2v) is 7.65. The summed E-state index contributed by atoms with van der Waals surface area (Å²) in [4.78, 5) is 11.9. The molecule has 4 N–H and O–H groups in total. The van der Waals surface area contributed by atoms with Gasteiger partial charge in [0.15, 0.2) is 0 Å². The van der Waals surface area contributed by atoms with Crippen molar-refractivity contribution in [3.8, 4) is 5.75 Å². The highest BCUT2D eigenvalue weighted by molar-refractivity contribution is 5.83. The van der Waals surface area contributed by atoms with Crippen LogP contribution in [0.3, 0.4) is 0 Å². The van der Waals surface area contributed by atoms with Crippen LogP contribution in [-0.2, 0) is 15.6 Å². The summed E-state index contributed by atoms with van der Waals surface area (Å²) in [6.45, 7) is 14.3. The van der Waals surface area contributed by atoms with Crippen LogP contribution in [0.4, 0.5) is 0 Å². The second kappa shape index (κ2) is 5.68. The van der Waals surface area contributed by atoms with E-state index in [4.69, 9.17) is 5.84 Å². The lowest BCUT2D eigenvalue weighted by Crippen LogP contribution is -2.35. The highest BCUT2D eigenvalue weighted by atomic mass is 16.3. The Labute approximate surface area is 127 Å². The number of carbonyl (C=O) groups is 1. The van der Waals surface area contributed by atoms with Gasteiger partial charge in [0.05, 0.1) is 5.92 Å². The highest BCUT2D eigenvalue weighted by Crippen LogP contribution is 2.43. The van der Waals surface area contributed by atoms with Gasteiger partial charge in [0.25, 0.3) is 0 Å². The number of carbonyl (C=O) groups excluding carboxylic acids is 1. The van der Waals surface area contributed by atoms with Gasteiger partial charge in [-0.1, -0.05) is 47.6 Å². The molecule has 0 saturated carbocycles. The van der Waals surface area contributed by atoms with E-state index in [1.165, 1.54) is 0 Å². The van der Waals surface area contributed by atoms with Crippen LogP contribution in [0.2, 0.25) is 0 Å². The molecule has 0 saturated heterocycles. The Morgan fingerprint density at radius 3 is 1.95 bits per heavy atom. The van der Waals surface area contributed by atoms with Crippen molar-refractivity contribution in [2.75, 3.05) is 0 Å². The van der Waals surface area contributed by atoms with Crippen LogP contribution < -0.4 is 11.3 Å². The molecule has 21 heavy (non-hydrogen) atoms. The molecule has 0 aromatic heterocycles. The molecule has 0 aliphatic rings. The first kappa shape index (κ1) is 17.5. The zero-order chi connectivity index (χ0) is 16.6. The predicted octanol–water partition coefficient (Wildman–Crippen LogP) is 3.08. The minimum atomic E-state index is -0.370. The molecule has 1 rings (SSSR count). The van der Waals surface area contributed by atoms with Crippen LogP contribution in [0, 0.1) is 0 Å². The van der Waals surface area contributed by atoms with Crippen molar-refractivity contribution in [2.24, 2.45) is 5.84 Å². The molecule has 0 bridgehead atoms. The fraction of sp³-hybridized carbons (Fsp3) is 0.588. The van der Waals surface area contributed by atoms with E-state index in [-0.39, 0.29) is 28.4 Å². The fourth-order valence-electron chi connectivity index (χ4n) is 2.80. The number of aromatic hydroxyl groups is 1. The van der Waals surface area contributed by atoms with Crippen LogP contribution >= 0.6 is 0 Å². The molecule has 0 aliphatic carbocycles. The second-order valence-electron chi connectivity index (χ2n) is 7.65. The number of nitrogens with one attached hydrogen (secondary N) is 1. The molecule has 4 nitrogen and oxygen atoms in total. The predicted molar refractivity (Wildman–Crippen MR) is 86.3 cm³/mol. The maximum absolute atomic E-state index is 11.9. The highest BCUT2D eigenvalue weighted by Gasteiger charge is 2.32. The van der Waals surface area contributed by atoms with E-state index in [2.05, 4.69) is 47.0 Å². The number of hydrogen-bond acceptors (Lipinski definition) is 3. The van der Waals surface area contributed by atoms with Gasteiger partial charge in [-0.25, -0.2) is 5.84 Å². The lowest BCUT2D eigenvalue weighted by atomic mass is 9.71. The third-order valence-corrected chi connectivity index (χ3v) is 3.72. The molecule has 0 spiro atoms. The topological polar surface area (TPSA) is 75.4 Å². The van der Waals surface area contributed by atoms with Gasteiger partial charge < -0.3 is 5.11 Å². The molecular formula is C17H28N2O2. The first-order valence-electron chi connectivity index (χ1n) is 7.28. The van der Waals surface area contributed by atoms with Crippen molar-refractivity contribution in [3.63, 3.8) is 0 Å². The summed E-state index contributed by atoms with van der Waals surface area (Å²) in [6.07, 6.45) is 0. The molecule has 1 amide bonds. The van der Waals surface area contributed by atoms with Gasteiger partial charge in [-0.05, 0) is 34.9 Å². The van der Waals surface area contributed by atoms with Gasteiger partial charge in [0, 0.05) is 5.56 Å². The third kappa shape index (κ3) is 3.56. The maximum atomic E-state index is 11.9. The van der Waals surface area contributed by atoms with E-state index in [0.29, 0.717) is 0 Å². The zero-order valence-electron chi connectivity index (χ0n) is 14.2. The minimum Gasteiger partial charge on any atom is -0.508 e. The summed E-state index contributed by atoms with van der Waals surface area (Å²) in [5.74, 6) is 4.95. The quantitative estimate of drug-likeness (QED) is 0.445. The third-order valence-electron chi connectivity index (χ3n) is 3.72. The van der Waals surface area contributed by atoms with Crippen LogP contribution in [0.1, 0.15) is 71.1 Å². The lowest BCUT2D eigenvalue weighted by molar-refractivity contribution is -0.122. The van der Waals surface area contributed by atoms with Crippen LogP contribution in [0.25, 0.3) is 0 Å². The molecule has 0 fully saturated rings.